The third-order valence-electron chi connectivity index (χ3n) is 6.36. The molecule has 202 valence electrons. The van der Waals surface area contributed by atoms with Gasteiger partial charge in [-0.25, -0.2) is 18.7 Å². The molecule has 2 fully saturated rings. The van der Waals surface area contributed by atoms with Crippen molar-refractivity contribution in [3.05, 3.63) is 29.9 Å². The molecule has 2 saturated heterocycles. The summed E-state index contributed by atoms with van der Waals surface area (Å²) >= 11 is 0. The highest BCUT2D eigenvalue weighted by Gasteiger charge is 2.50. The average Bonchev–Trinajstić information content (AvgIpc) is 3.22. The molecule has 0 N–H and O–H groups in total. The minimum absolute atomic E-state index is 0.0392. The molecule has 3 aliphatic heterocycles. The molecule has 15 heteroatoms. The standard InChI is InChI=1S/C22H25F5N6O4/c1-12(37-16-10-30-31-19(34)17(16)22(25,26)27)11-36-15-4-7-33(20(15)35)14-2-5-32(6-3-14)21-28-8-13(9-29-21)18(23)24/h8-10,12,14-15,17-18H,2-7,11H2,1H3/t12-,15?,17?/m0/s1. The maximum Gasteiger partial charge on any atom is 0.407 e. The molecule has 2 unspecified atom stereocenters. The molecule has 4 heterocycles. The van der Waals surface area contributed by atoms with Gasteiger partial charge in [0.2, 0.25) is 5.95 Å². The molecule has 1 aromatic heterocycles. The summed E-state index contributed by atoms with van der Waals surface area (Å²) in [4.78, 5) is 36.1. The molecule has 1 aromatic rings. The van der Waals surface area contributed by atoms with Crippen molar-refractivity contribution in [1.82, 2.24) is 14.9 Å². The number of rotatable bonds is 8. The molecule has 0 saturated carbocycles. The van der Waals surface area contributed by atoms with Crippen LogP contribution in [0, 0.1) is 5.92 Å². The molecule has 3 aliphatic rings. The first-order chi connectivity index (χ1) is 17.5. The van der Waals surface area contributed by atoms with Crippen LogP contribution in [0.5, 0.6) is 0 Å². The second-order valence-electron chi connectivity index (χ2n) is 8.97. The number of carbonyl (C=O) groups excluding carboxylic acids is 2. The van der Waals surface area contributed by atoms with E-state index in [-0.39, 0.29) is 24.1 Å². The van der Waals surface area contributed by atoms with Crippen LogP contribution < -0.4 is 4.90 Å². The van der Waals surface area contributed by atoms with E-state index in [0.717, 1.165) is 18.6 Å². The van der Waals surface area contributed by atoms with Gasteiger partial charge in [-0.15, -0.1) is 5.11 Å². The first kappa shape index (κ1) is 26.8. The molecule has 4 rings (SSSR count). The van der Waals surface area contributed by atoms with Crippen molar-refractivity contribution in [2.75, 3.05) is 31.1 Å². The number of amides is 2. The Labute approximate surface area is 208 Å². The zero-order valence-corrected chi connectivity index (χ0v) is 19.8. The highest BCUT2D eigenvalue weighted by Crippen LogP contribution is 2.36. The summed E-state index contributed by atoms with van der Waals surface area (Å²) in [5, 5.41) is 6.18. The second-order valence-corrected chi connectivity index (χ2v) is 8.97. The Morgan fingerprint density at radius 1 is 1.08 bits per heavy atom. The number of hydrogen-bond acceptors (Lipinski definition) is 8. The molecule has 0 aromatic carbocycles. The van der Waals surface area contributed by atoms with Crippen molar-refractivity contribution in [1.29, 1.82) is 0 Å². The van der Waals surface area contributed by atoms with Crippen molar-refractivity contribution in [3.63, 3.8) is 0 Å². The van der Waals surface area contributed by atoms with Gasteiger partial charge in [0.25, 0.3) is 18.2 Å². The Morgan fingerprint density at radius 2 is 1.76 bits per heavy atom. The summed E-state index contributed by atoms with van der Waals surface area (Å²) in [6.45, 7) is 2.86. The van der Waals surface area contributed by atoms with Gasteiger partial charge >= 0.3 is 6.18 Å². The number of azo groups is 1. The molecule has 0 spiro atoms. The number of ether oxygens (including phenoxy) is 2. The first-order valence-corrected chi connectivity index (χ1v) is 11.7. The summed E-state index contributed by atoms with van der Waals surface area (Å²) in [6.07, 6.45) is -4.50. The summed E-state index contributed by atoms with van der Waals surface area (Å²) in [7, 11) is 0. The largest absolute Gasteiger partial charge is 0.490 e. The SMILES string of the molecule is C[C@@H](COC1CCN(C2CCN(c3ncc(C(F)F)cn3)CC2)C1=O)OC1=CN=NC(=O)C1C(F)(F)F. The van der Waals surface area contributed by atoms with Gasteiger partial charge in [-0.1, -0.05) is 0 Å². The molecular formula is C22H25F5N6O4. The molecule has 0 bridgehead atoms. The first-order valence-electron chi connectivity index (χ1n) is 11.7. The number of carbonyl (C=O) groups is 2. The highest BCUT2D eigenvalue weighted by atomic mass is 19.4. The van der Waals surface area contributed by atoms with Crippen molar-refractivity contribution in [2.24, 2.45) is 16.1 Å². The Morgan fingerprint density at radius 3 is 2.38 bits per heavy atom. The predicted octanol–water partition coefficient (Wildman–Crippen LogP) is 3.42. The van der Waals surface area contributed by atoms with Gasteiger partial charge in [-0.05, 0) is 19.8 Å². The van der Waals surface area contributed by atoms with Crippen LogP contribution in [0.25, 0.3) is 0 Å². The molecular weight excluding hydrogens is 507 g/mol. The van der Waals surface area contributed by atoms with Gasteiger partial charge in [-0.3, -0.25) is 9.59 Å². The van der Waals surface area contributed by atoms with Gasteiger partial charge in [0.05, 0.1) is 18.4 Å². The second kappa shape index (κ2) is 11.0. The number of piperidine rings is 1. The van der Waals surface area contributed by atoms with Crippen LogP contribution in [-0.4, -0.2) is 77.3 Å². The van der Waals surface area contributed by atoms with Crippen LogP contribution in [0.15, 0.2) is 34.6 Å². The van der Waals surface area contributed by atoms with E-state index in [4.69, 9.17) is 9.47 Å². The molecule has 37 heavy (non-hydrogen) atoms. The third-order valence-corrected chi connectivity index (χ3v) is 6.36. The fourth-order valence-electron chi connectivity index (χ4n) is 4.49. The highest BCUT2D eigenvalue weighted by molar-refractivity contribution is 5.83. The predicted molar refractivity (Wildman–Crippen MR) is 116 cm³/mol. The third kappa shape index (κ3) is 6.19. The van der Waals surface area contributed by atoms with Crippen molar-refractivity contribution in [2.45, 2.75) is 57.0 Å². The number of hydrogen-bond donors (Lipinski definition) is 0. The van der Waals surface area contributed by atoms with Crippen molar-refractivity contribution in [3.8, 4) is 0 Å². The molecule has 0 aliphatic carbocycles. The van der Waals surface area contributed by atoms with Crippen LogP contribution in [0.4, 0.5) is 27.9 Å². The quantitative estimate of drug-likeness (QED) is 0.472. The number of likely N-dealkylation sites (tertiary alicyclic amines) is 1. The van der Waals surface area contributed by atoms with E-state index in [9.17, 15) is 31.5 Å². The zero-order valence-electron chi connectivity index (χ0n) is 19.8. The number of anilines is 1. The average molecular weight is 532 g/mol. The van der Waals surface area contributed by atoms with E-state index < -0.39 is 42.4 Å². The van der Waals surface area contributed by atoms with E-state index in [1.54, 1.807) is 4.90 Å². The van der Waals surface area contributed by atoms with E-state index in [1.807, 2.05) is 4.90 Å². The van der Waals surface area contributed by atoms with E-state index in [2.05, 4.69) is 20.2 Å². The van der Waals surface area contributed by atoms with Gasteiger partial charge in [0.15, 0.2) is 5.92 Å². The number of halogens is 5. The summed E-state index contributed by atoms with van der Waals surface area (Å²) in [5.41, 5.74) is -0.248. The maximum absolute atomic E-state index is 13.2. The van der Waals surface area contributed by atoms with Gasteiger partial charge in [0, 0.05) is 44.5 Å². The lowest BCUT2D eigenvalue weighted by Gasteiger charge is -2.36. The van der Waals surface area contributed by atoms with Gasteiger partial charge in [-0.2, -0.15) is 18.3 Å². The van der Waals surface area contributed by atoms with Crippen molar-refractivity contribution >= 4 is 17.8 Å². The molecule has 0 radical (unpaired) electrons. The van der Waals surface area contributed by atoms with Crippen LogP contribution in [0.2, 0.25) is 0 Å². The minimum atomic E-state index is -4.87. The normalized spacial score (nSPS) is 24.1. The zero-order chi connectivity index (χ0) is 26.7. The van der Waals surface area contributed by atoms with Gasteiger partial charge < -0.3 is 19.3 Å². The van der Waals surface area contributed by atoms with Crippen molar-refractivity contribution < 1.29 is 41.0 Å². The molecule has 3 atom stereocenters. The maximum atomic E-state index is 13.2. The Hall–Kier alpha value is -3.23. The Kier molecular flexibility index (Phi) is 7.99. The van der Waals surface area contributed by atoms with E-state index in [1.165, 1.54) is 6.92 Å². The van der Waals surface area contributed by atoms with E-state index in [0.29, 0.717) is 44.8 Å². The van der Waals surface area contributed by atoms with Gasteiger partial charge in [0.1, 0.15) is 18.0 Å². The monoisotopic (exact) mass is 532 g/mol. The Bertz CT molecular complexity index is 1040. The molecule has 2 amide bonds. The summed E-state index contributed by atoms with van der Waals surface area (Å²) in [5.74, 6) is -4.49. The lowest BCUT2D eigenvalue weighted by molar-refractivity contribution is -0.183. The van der Waals surface area contributed by atoms with E-state index >= 15 is 0 Å². The lowest BCUT2D eigenvalue weighted by atomic mass is 10.0. The topological polar surface area (TPSA) is 110 Å². The van der Waals surface area contributed by atoms with Crippen LogP contribution in [0.3, 0.4) is 0 Å². The number of alkyl halides is 5. The van der Waals surface area contributed by atoms with Crippen LogP contribution >= 0.6 is 0 Å². The fraction of sp³-hybridized carbons (Fsp3) is 0.636. The summed E-state index contributed by atoms with van der Waals surface area (Å²) in [6, 6.07) is -0.0392. The fourth-order valence-corrected chi connectivity index (χ4v) is 4.49. The van der Waals surface area contributed by atoms with Crippen LogP contribution in [0.1, 0.15) is 38.2 Å². The Balaban J connectivity index is 1.24. The summed E-state index contributed by atoms with van der Waals surface area (Å²) < 4.78 is 75.9. The number of aromatic nitrogens is 2. The smallest absolute Gasteiger partial charge is 0.407 e. The lowest BCUT2D eigenvalue weighted by Crippen LogP contribution is -2.47. The molecule has 10 nitrogen and oxygen atoms in total. The minimum Gasteiger partial charge on any atom is -0.490 e. The number of nitrogens with zero attached hydrogens (tertiary/aromatic N) is 6. The van der Waals surface area contributed by atoms with Crippen LogP contribution in [-0.2, 0) is 19.1 Å².